The van der Waals surface area contributed by atoms with Crippen molar-refractivity contribution >= 4 is 22.5 Å². The smallest absolute Gasteiger partial charge is 0.164 e. The lowest BCUT2D eigenvalue weighted by Gasteiger charge is -2.50. The first-order valence-corrected chi connectivity index (χ1v) is 20.3. The van der Waals surface area contributed by atoms with Gasteiger partial charge < -0.3 is 0 Å². The largest absolute Gasteiger partial charge is 0.208 e. The van der Waals surface area contributed by atoms with Gasteiger partial charge >= 0.3 is 0 Å². The molecule has 0 saturated carbocycles. The molecule has 11 rings (SSSR count). The van der Waals surface area contributed by atoms with Crippen molar-refractivity contribution in [3.63, 3.8) is 0 Å². The average Bonchev–Trinajstić information content (AvgIpc) is 3.28. The normalized spacial score (nSPS) is 14.4. The van der Waals surface area contributed by atoms with Crippen LogP contribution in [0.5, 0.6) is 0 Å². The van der Waals surface area contributed by atoms with Gasteiger partial charge in [0.15, 0.2) is 17.5 Å². The van der Waals surface area contributed by atoms with Gasteiger partial charge in [-0.25, -0.2) is 15.0 Å². The minimum atomic E-state index is -0.486. The van der Waals surface area contributed by atoms with Crippen molar-refractivity contribution < 1.29 is 0 Å². The summed E-state index contributed by atoms with van der Waals surface area (Å²) in [7, 11) is 0. The van der Waals surface area contributed by atoms with E-state index in [0.717, 1.165) is 33.0 Å². The maximum atomic E-state index is 5.21. The topological polar surface area (TPSA) is 38.7 Å². The van der Waals surface area contributed by atoms with Gasteiger partial charge in [0.25, 0.3) is 0 Å². The molecule has 0 unspecified atom stereocenters. The van der Waals surface area contributed by atoms with Crippen LogP contribution < -0.4 is 0 Å². The third-order valence-electron chi connectivity index (χ3n) is 12.1. The maximum Gasteiger partial charge on any atom is 0.164 e. The third-order valence-corrected chi connectivity index (χ3v) is 13.3. The zero-order valence-corrected chi connectivity index (χ0v) is 32.5. The van der Waals surface area contributed by atoms with Gasteiger partial charge in [-0.05, 0) is 67.4 Å². The van der Waals surface area contributed by atoms with E-state index in [0.29, 0.717) is 17.5 Å². The van der Waals surface area contributed by atoms with Gasteiger partial charge in [0, 0.05) is 31.9 Å². The molecular formula is C53H37N3S. The number of rotatable bonds is 4. The molecule has 0 amide bonds. The van der Waals surface area contributed by atoms with Gasteiger partial charge in [-0.1, -0.05) is 202 Å². The molecule has 0 atom stereocenters. The Bertz CT molecular complexity index is 2980. The van der Waals surface area contributed by atoms with Crippen LogP contribution in [-0.4, -0.2) is 15.0 Å². The Morgan fingerprint density at radius 1 is 0.386 bits per heavy atom. The number of hydrogen-bond donors (Lipinski definition) is 0. The Kier molecular flexibility index (Phi) is 7.67. The quantitative estimate of drug-likeness (QED) is 0.180. The summed E-state index contributed by atoms with van der Waals surface area (Å²) >= 11 is 1.88. The number of hydrogen-bond acceptors (Lipinski definition) is 4. The van der Waals surface area contributed by atoms with E-state index in [1.807, 2.05) is 30.0 Å². The number of fused-ring (bicyclic) bond motifs is 9. The minimum absolute atomic E-state index is 0.155. The monoisotopic (exact) mass is 747 g/mol. The first kappa shape index (κ1) is 33.7. The SMILES string of the molecule is CC1(C)c2ccccc2C2(c3ccccc3Sc3c(-c4cccc(-c5nc(-c6ccccc6)nc(-c6cccc7ccccc67)n5)c4)cccc32)c2ccccc21. The lowest BCUT2D eigenvalue weighted by molar-refractivity contribution is 0.549. The van der Waals surface area contributed by atoms with Crippen molar-refractivity contribution in [1.29, 1.82) is 0 Å². The fourth-order valence-electron chi connectivity index (χ4n) is 9.46. The Hall–Kier alpha value is -6.62. The van der Waals surface area contributed by atoms with E-state index >= 15 is 0 Å². The molecule has 4 heteroatoms. The van der Waals surface area contributed by atoms with Crippen molar-refractivity contribution in [3.05, 3.63) is 221 Å². The van der Waals surface area contributed by atoms with E-state index < -0.39 is 5.41 Å². The molecule has 270 valence electrons. The van der Waals surface area contributed by atoms with Gasteiger partial charge in [-0.2, -0.15) is 0 Å². The molecule has 0 saturated heterocycles. The molecule has 1 aromatic heterocycles. The summed E-state index contributed by atoms with van der Waals surface area (Å²) in [6.45, 7) is 4.75. The lowest BCUT2D eigenvalue weighted by atomic mass is 9.54. The van der Waals surface area contributed by atoms with Gasteiger partial charge in [-0.3, -0.25) is 0 Å². The van der Waals surface area contributed by atoms with E-state index in [1.54, 1.807) is 0 Å². The zero-order valence-electron chi connectivity index (χ0n) is 31.6. The molecular weight excluding hydrogens is 711 g/mol. The van der Waals surface area contributed by atoms with Crippen LogP contribution in [0.3, 0.4) is 0 Å². The molecule has 57 heavy (non-hydrogen) atoms. The molecule has 8 aromatic carbocycles. The van der Waals surface area contributed by atoms with E-state index in [9.17, 15) is 0 Å². The van der Waals surface area contributed by atoms with Crippen LogP contribution in [0.25, 0.3) is 56.1 Å². The summed E-state index contributed by atoms with van der Waals surface area (Å²) in [5.74, 6) is 1.95. The van der Waals surface area contributed by atoms with Crippen molar-refractivity contribution in [1.82, 2.24) is 15.0 Å². The molecule has 1 aliphatic heterocycles. The number of benzene rings is 8. The Morgan fingerprint density at radius 2 is 0.895 bits per heavy atom. The van der Waals surface area contributed by atoms with E-state index in [1.165, 1.54) is 48.7 Å². The van der Waals surface area contributed by atoms with E-state index in [-0.39, 0.29) is 5.41 Å². The molecule has 0 fully saturated rings. The van der Waals surface area contributed by atoms with Gasteiger partial charge in [-0.15, -0.1) is 0 Å². The van der Waals surface area contributed by atoms with Crippen LogP contribution in [0.1, 0.15) is 47.2 Å². The van der Waals surface area contributed by atoms with Crippen LogP contribution in [0, 0.1) is 0 Å². The molecule has 3 nitrogen and oxygen atoms in total. The molecule has 1 aliphatic carbocycles. The summed E-state index contributed by atoms with van der Waals surface area (Å²) in [6.07, 6.45) is 0. The predicted octanol–water partition coefficient (Wildman–Crippen LogP) is 13.2. The molecule has 9 aromatic rings. The van der Waals surface area contributed by atoms with Gasteiger partial charge in [0.1, 0.15) is 0 Å². The second-order valence-electron chi connectivity index (χ2n) is 15.5. The minimum Gasteiger partial charge on any atom is -0.208 e. The summed E-state index contributed by atoms with van der Waals surface area (Å²) in [4.78, 5) is 18.0. The van der Waals surface area contributed by atoms with E-state index in [4.69, 9.17) is 15.0 Å². The fourth-order valence-corrected chi connectivity index (χ4v) is 10.8. The maximum absolute atomic E-state index is 5.21. The fraction of sp³-hybridized carbons (Fsp3) is 0.0755. The van der Waals surface area contributed by atoms with Crippen molar-refractivity contribution in [3.8, 4) is 45.3 Å². The van der Waals surface area contributed by atoms with Crippen LogP contribution in [0.4, 0.5) is 0 Å². The summed E-state index contributed by atoms with van der Waals surface area (Å²) in [6, 6.07) is 67.9. The van der Waals surface area contributed by atoms with Gasteiger partial charge in [0.05, 0.1) is 5.41 Å². The molecule has 0 N–H and O–H groups in total. The first-order chi connectivity index (χ1) is 28.0. The highest BCUT2D eigenvalue weighted by Crippen LogP contribution is 2.62. The van der Waals surface area contributed by atoms with Crippen LogP contribution in [0.2, 0.25) is 0 Å². The summed E-state index contributed by atoms with van der Waals surface area (Å²) in [5, 5.41) is 2.26. The highest BCUT2D eigenvalue weighted by molar-refractivity contribution is 7.99. The zero-order chi connectivity index (χ0) is 38.1. The number of nitrogens with zero attached hydrogens (tertiary/aromatic N) is 3. The first-order valence-electron chi connectivity index (χ1n) is 19.5. The predicted molar refractivity (Wildman–Crippen MR) is 234 cm³/mol. The van der Waals surface area contributed by atoms with Crippen molar-refractivity contribution in [2.45, 2.75) is 34.5 Å². The van der Waals surface area contributed by atoms with Crippen LogP contribution in [-0.2, 0) is 10.8 Å². The van der Waals surface area contributed by atoms with Gasteiger partial charge in [0.2, 0.25) is 0 Å². The Balaban J connectivity index is 1.13. The average molecular weight is 748 g/mol. The Morgan fingerprint density at radius 3 is 1.67 bits per heavy atom. The second-order valence-corrected chi connectivity index (χ2v) is 16.6. The molecule has 0 radical (unpaired) electrons. The lowest BCUT2D eigenvalue weighted by Crippen LogP contribution is -2.43. The molecule has 1 spiro atoms. The molecule has 2 heterocycles. The highest BCUT2D eigenvalue weighted by atomic mass is 32.2. The van der Waals surface area contributed by atoms with Crippen molar-refractivity contribution in [2.24, 2.45) is 0 Å². The number of aromatic nitrogens is 3. The third kappa shape index (κ3) is 5.10. The van der Waals surface area contributed by atoms with Crippen LogP contribution >= 0.6 is 11.8 Å². The molecule has 2 aliphatic rings. The summed E-state index contributed by atoms with van der Waals surface area (Å²) in [5.41, 5.74) is 12.7. The molecule has 0 bridgehead atoms. The highest BCUT2D eigenvalue weighted by Gasteiger charge is 2.52. The van der Waals surface area contributed by atoms with E-state index in [2.05, 4.69) is 184 Å². The van der Waals surface area contributed by atoms with Crippen molar-refractivity contribution in [2.75, 3.05) is 0 Å². The Labute approximate surface area is 337 Å². The van der Waals surface area contributed by atoms with Crippen LogP contribution in [0.15, 0.2) is 198 Å². The second kappa shape index (κ2) is 13.0. The standard InChI is InChI=1S/C53H37N3S/c1-52(2)41-26-8-10-28-43(41)53(44-29-11-9-27-42(44)52)45-30-12-13-32-47(45)57-48-39(24-16-31-46(48)53)36-21-14-22-37(33-36)50-54-49(35-18-4-3-5-19-35)55-51(56-50)40-25-15-20-34-17-6-7-23-38(34)40/h3-33H,1-2H3. The summed E-state index contributed by atoms with van der Waals surface area (Å²) < 4.78 is 0.